The van der Waals surface area contributed by atoms with Gasteiger partial charge in [-0.3, -0.25) is 9.59 Å². The lowest BCUT2D eigenvalue weighted by Gasteiger charge is -2.23. The van der Waals surface area contributed by atoms with Crippen molar-refractivity contribution in [1.82, 2.24) is 9.88 Å². The molecule has 1 fully saturated rings. The number of pyridine rings is 1. The van der Waals surface area contributed by atoms with Crippen molar-refractivity contribution >= 4 is 27.3 Å². The van der Waals surface area contributed by atoms with Crippen LogP contribution in [0.15, 0.2) is 53.5 Å². The van der Waals surface area contributed by atoms with Crippen LogP contribution in [0.25, 0.3) is 21.2 Å². The van der Waals surface area contributed by atoms with Gasteiger partial charge in [0, 0.05) is 37.4 Å². The summed E-state index contributed by atoms with van der Waals surface area (Å²) in [6.07, 6.45) is 1.80. The summed E-state index contributed by atoms with van der Waals surface area (Å²) in [4.78, 5) is 26.2. The summed E-state index contributed by atoms with van der Waals surface area (Å²) < 4.78 is 63.7. The van der Waals surface area contributed by atoms with Crippen LogP contribution in [0.4, 0.5) is 17.6 Å². The van der Waals surface area contributed by atoms with Gasteiger partial charge in [0.2, 0.25) is 0 Å². The minimum atomic E-state index is -3.11. The molecule has 11 heteroatoms. The highest BCUT2D eigenvalue weighted by molar-refractivity contribution is 7.21. The van der Waals surface area contributed by atoms with Crippen molar-refractivity contribution < 1.29 is 32.2 Å². The predicted octanol–water partition coefficient (Wildman–Crippen LogP) is 6.48. The molecule has 0 atom stereocenters. The van der Waals surface area contributed by atoms with E-state index in [1.807, 2.05) is 0 Å². The summed E-state index contributed by atoms with van der Waals surface area (Å²) in [5.41, 5.74) is -2.05. The SMILES string of the molecule is Cn1cc(-c2cc(C(C)(C)O)ccc2Oc2ccc(F)cc2F)c2sc(C(=O)NC3(C(C)(F)F)CC3)cc2c1=O. The number of fused-ring (bicyclic) bond motifs is 1. The molecule has 2 N–H and O–H groups in total. The van der Waals surface area contributed by atoms with Crippen LogP contribution in [0.2, 0.25) is 0 Å². The number of carbonyl (C=O) groups excluding carboxylic acids is 1. The second kappa shape index (κ2) is 9.45. The van der Waals surface area contributed by atoms with E-state index < -0.39 is 40.2 Å². The van der Waals surface area contributed by atoms with E-state index in [9.17, 15) is 32.3 Å². The quantitative estimate of drug-likeness (QED) is 0.248. The molecule has 0 unspecified atom stereocenters. The molecule has 0 saturated heterocycles. The largest absolute Gasteiger partial charge is 0.454 e. The average Bonchev–Trinajstić information content (AvgIpc) is 3.51. The third-order valence-corrected chi connectivity index (χ3v) is 8.27. The Morgan fingerprint density at radius 1 is 1.05 bits per heavy atom. The number of hydrogen-bond donors (Lipinski definition) is 2. The Kier molecular flexibility index (Phi) is 6.58. The van der Waals surface area contributed by atoms with Gasteiger partial charge in [0.05, 0.1) is 20.6 Å². The highest BCUT2D eigenvalue weighted by atomic mass is 32.1. The number of carbonyl (C=O) groups is 1. The van der Waals surface area contributed by atoms with Gasteiger partial charge in [0.25, 0.3) is 17.4 Å². The lowest BCUT2D eigenvalue weighted by atomic mass is 9.94. The summed E-state index contributed by atoms with van der Waals surface area (Å²) in [5.74, 6) is -5.65. The van der Waals surface area contributed by atoms with Gasteiger partial charge in [-0.1, -0.05) is 6.07 Å². The van der Waals surface area contributed by atoms with Crippen LogP contribution in [-0.4, -0.2) is 27.0 Å². The fourth-order valence-corrected chi connectivity index (χ4v) is 5.59. The number of aliphatic hydroxyl groups is 1. The molecule has 2 heterocycles. The Hall–Kier alpha value is -3.70. The summed E-state index contributed by atoms with van der Waals surface area (Å²) in [5, 5.41) is 13.3. The third kappa shape index (κ3) is 4.99. The monoisotopic (exact) mass is 574 g/mol. The van der Waals surface area contributed by atoms with Crippen LogP contribution in [0.1, 0.15) is 48.8 Å². The fourth-order valence-electron chi connectivity index (χ4n) is 4.52. The van der Waals surface area contributed by atoms with E-state index in [1.165, 1.54) is 29.9 Å². The Bertz CT molecular complexity index is 1710. The predicted molar refractivity (Wildman–Crippen MR) is 144 cm³/mol. The van der Waals surface area contributed by atoms with Gasteiger partial charge < -0.3 is 19.7 Å². The van der Waals surface area contributed by atoms with Gasteiger partial charge in [0.15, 0.2) is 11.6 Å². The topological polar surface area (TPSA) is 80.6 Å². The van der Waals surface area contributed by atoms with E-state index >= 15 is 0 Å². The molecule has 210 valence electrons. The van der Waals surface area contributed by atoms with Gasteiger partial charge in [-0.05, 0) is 62.6 Å². The van der Waals surface area contributed by atoms with Gasteiger partial charge >= 0.3 is 0 Å². The molecule has 4 aromatic rings. The van der Waals surface area contributed by atoms with Crippen LogP contribution in [-0.2, 0) is 12.6 Å². The molecule has 5 rings (SSSR count). The molecule has 40 heavy (non-hydrogen) atoms. The first-order chi connectivity index (χ1) is 18.6. The summed E-state index contributed by atoms with van der Waals surface area (Å²) in [7, 11) is 1.51. The van der Waals surface area contributed by atoms with E-state index in [0.717, 1.165) is 30.4 Å². The van der Waals surface area contributed by atoms with Crippen molar-refractivity contribution in [2.45, 2.75) is 50.7 Å². The van der Waals surface area contributed by atoms with Crippen molar-refractivity contribution in [1.29, 1.82) is 0 Å². The summed E-state index contributed by atoms with van der Waals surface area (Å²) >= 11 is 0.950. The third-order valence-electron chi connectivity index (χ3n) is 7.11. The number of halogens is 4. The number of nitrogens with one attached hydrogen (secondary N) is 1. The molecular formula is C29H26F4N2O4S. The number of ether oxygens (including phenoxy) is 1. The van der Waals surface area contributed by atoms with Crippen molar-refractivity contribution in [2.75, 3.05) is 0 Å². The smallest absolute Gasteiger partial charge is 0.267 e. The van der Waals surface area contributed by atoms with E-state index in [-0.39, 0.29) is 34.6 Å². The zero-order valence-corrected chi connectivity index (χ0v) is 22.9. The molecule has 0 radical (unpaired) electrons. The number of rotatable bonds is 7. The normalized spacial score (nSPS) is 14.8. The second-order valence-corrected chi connectivity index (χ2v) is 11.7. The number of nitrogens with zero attached hydrogens (tertiary/aromatic N) is 1. The average molecular weight is 575 g/mol. The molecule has 0 spiro atoms. The number of benzene rings is 2. The Balaban J connectivity index is 1.67. The number of amides is 1. The number of thiophene rings is 1. The molecule has 1 aliphatic rings. The highest BCUT2D eigenvalue weighted by Crippen LogP contribution is 2.48. The van der Waals surface area contributed by atoms with Crippen molar-refractivity contribution in [3.8, 4) is 22.6 Å². The molecule has 1 aliphatic carbocycles. The van der Waals surface area contributed by atoms with Gasteiger partial charge in [-0.25, -0.2) is 17.6 Å². The van der Waals surface area contributed by atoms with E-state index in [2.05, 4.69) is 5.32 Å². The molecule has 0 bridgehead atoms. The zero-order chi connectivity index (χ0) is 29.2. The lowest BCUT2D eigenvalue weighted by Crippen LogP contribution is -2.48. The minimum Gasteiger partial charge on any atom is -0.454 e. The van der Waals surface area contributed by atoms with Crippen LogP contribution in [0, 0.1) is 11.6 Å². The Morgan fingerprint density at radius 3 is 2.33 bits per heavy atom. The van der Waals surface area contributed by atoms with Gasteiger partial charge in [-0.15, -0.1) is 11.3 Å². The Labute approximate surface area is 230 Å². The maximum Gasteiger partial charge on any atom is 0.267 e. The zero-order valence-electron chi connectivity index (χ0n) is 22.1. The first kappa shape index (κ1) is 27.9. The summed E-state index contributed by atoms with van der Waals surface area (Å²) in [6, 6.07) is 8.96. The number of hydrogen-bond acceptors (Lipinski definition) is 5. The minimum absolute atomic E-state index is 0.0702. The van der Waals surface area contributed by atoms with Crippen LogP contribution >= 0.6 is 11.3 Å². The van der Waals surface area contributed by atoms with Gasteiger partial charge in [0.1, 0.15) is 17.1 Å². The molecule has 2 aromatic heterocycles. The molecule has 1 amide bonds. The molecule has 6 nitrogen and oxygen atoms in total. The number of aryl methyl sites for hydroxylation is 1. The van der Waals surface area contributed by atoms with Crippen LogP contribution in [0.3, 0.4) is 0 Å². The Morgan fingerprint density at radius 2 is 1.73 bits per heavy atom. The fraction of sp³-hybridized carbons (Fsp3) is 0.310. The second-order valence-electron chi connectivity index (χ2n) is 10.7. The first-order valence-corrected chi connectivity index (χ1v) is 13.2. The molecular weight excluding hydrogens is 548 g/mol. The summed E-state index contributed by atoms with van der Waals surface area (Å²) in [6.45, 7) is 3.92. The number of aromatic nitrogens is 1. The molecule has 2 aromatic carbocycles. The van der Waals surface area contributed by atoms with E-state index in [0.29, 0.717) is 27.5 Å². The molecule has 1 saturated carbocycles. The van der Waals surface area contributed by atoms with Crippen molar-refractivity contribution in [3.05, 3.63) is 81.1 Å². The van der Waals surface area contributed by atoms with E-state index in [1.54, 1.807) is 26.0 Å². The van der Waals surface area contributed by atoms with Crippen LogP contribution < -0.4 is 15.6 Å². The maximum atomic E-state index is 14.5. The van der Waals surface area contributed by atoms with Crippen molar-refractivity contribution in [2.24, 2.45) is 7.05 Å². The first-order valence-electron chi connectivity index (χ1n) is 12.4. The van der Waals surface area contributed by atoms with Gasteiger partial charge in [-0.2, -0.15) is 0 Å². The van der Waals surface area contributed by atoms with E-state index in [4.69, 9.17) is 4.74 Å². The highest BCUT2D eigenvalue weighted by Gasteiger charge is 2.60. The van der Waals surface area contributed by atoms with Crippen LogP contribution in [0.5, 0.6) is 11.5 Å². The van der Waals surface area contributed by atoms with Crippen molar-refractivity contribution in [3.63, 3.8) is 0 Å². The standard InChI is InChI=1S/C29H26F4N2O4S/c1-27(2,38)15-5-7-21(39-22-8-6-16(30)12-20(22)31)17(11-15)19-14-35(4)26(37)18-13-23(40-24(18)19)25(36)34-29(9-10-29)28(3,32)33/h5-8,11-14,38H,9-10H2,1-4H3,(H,34,36). The molecule has 0 aliphatic heterocycles. The maximum absolute atomic E-state index is 14.5. The number of alkyl halides is 2. The lowest BCUT2D eigenvalue weighted by molar-refractivity contribution is -0.0280.